The Morgan fingerprint density at radius 3 is 2.38 bits per heavy atom. The lowest BCUT2D eigenvalue weighted by molar-refractivity contribution is -0.386. The van der Waals surface area contributed by atoms with Crippen molar-refractivity contribution >= 4 is 40.4 Å². The predicted molar refractivity (Wildman–Crippen MR) is 110 cm³/mol. The number of halogens is 2. The molecule has 0 aromatic heterocycles. The molecule has 154 valence electrons. The van der Waals surface area contributed by atoms with Crippen LogP contribution < -0.4 is 4.90 Å². The van der Waals surface area contributed by atoms with Gasteiger partial charge in [0.15, 0.2) is 11.5 Å². The number of rotatable bonds is 6. The van der Waals surface area contributed by atoms with Crippen molar-refractivity contribution in [3.05, 3.63) is 56.1 Å². The number of hydrogen-bond acceptors (Lipinski definition) is 7. The summed E-state index contributed by atoms with van der Waals surface area (Å²) in [6.45, 7) is 3.50. The number of phenolic OH excluding ortho intramolecular Hbond substituents is 2. The Kier molecular flexibility index (Phi) is 6.46. The van der Waals surface area contributed by atoms with Crippen LogP contribution in [-0.4, -0.2) is 58.5 Å². The summed E-state index contributed by atoms with van der Waals surface area (Å²) < 4.78 is 0. The van der Waals surface area contributed by atoms with Crippen molar-refractivity contribution in [2.75, 3.05) is 37.6 Å². The van der Waals surface area contributed by atoms with Gasteiger partial charge in [0.1, 0.15) is 0 Å². The van der Waals surface area contributed by atoms with Gasteiger partial charge in [0.2, 0.25) is 5.75 Å². The van der Waals surface area contributed by atoms with E-state index in [4.69, 9.17) is 23.2 Å². The number of nitro benzene ring substituents is 1. The lowest BCUT2D eigenvalue weighted by Gasteiger charge is -2.36. The summed E-state index contributed by atoms with van der Waals surface area (Å²) in [4.78, 5) is 26.8. The highest BCUT2D eigenvalue weighted by molar-refractivity contribution is 6.42. The van der Waals surface area contributed by atoms with Crippen LogP contribution in [0.25, 0.3) is 0 Å². The molecule has 0 saturated carbocycles. The molecule has 8 nitrogen and oxygen atoms in total. The quantitative estimate of drug-likeness (QED) is 0.305. The number of hydrogen-bond donors (Lipinski definition) is 2. The zero-order valence-electron chi connectivity index (χ0n) is 15.3. The van der Waals surface area contributed by atoms with Gasteiger partial charge in [-0.1, -0.05) is 23.2 Å². The molecule has 0 bridgehead atoms. The van der Waals surface area contributed by atoms with E-state index < -0.39 is 22.1 Å². The summed E-state index contributed by atoms with van der Waals surface area (Å²) in [5.74, 6) is -1.86. The molecule has 2 aromatic carbocycles. The minimum atomic E-state index is -0.843. The molecule has 0 unspecified atom stereocenters. The Hall–Kier alpha value is -2.55. The van der Waals surface area contributed by atoms with Gasteiger partial charge in [0.25, 0.3) is 0 Å². The molecule has 29 heavy (non-hydrogen) atoms. The minimum absolute atomic E-state index is 0.00134. The molecule has 0 amide bonds. The van der Waals surface area contributed by atoms with Crippen LogP contribution in [0.5, 0.6) is 11.5 Å². The fourth-order valence-corrected chi connectivity index (χ4v) is 3.51. The van der Waals surface area contributed by atoms with Gasteiger partial charge in [-0.25, -0.2) is 0 Å². The highest BCUT2D eigenvalue weighted by Gasteiger charge is 2.23. The molecule has 1 heterocycles. The maximum absolute atomic E-state index is 12.4. The highest BCUT2D eigenvalue weighted by Crippen LogP contribution is 2.36. The van der Waals surface area contributed by atoms with E-state index in [-0.39, 0.29) is 17.8 Å². The predicted octanol–water partition coefficient (Wildman–Crippen LogP) is 3.71. The van der Waals surface area contributed by atoms with Crippen LogP contribution in [-0.2, 0) is 0 Å². The van der Waals surface area contributed by atoms with Crippen LogP contribution in [0.2, 0.25) is 10.0 Å². The smallest absolute Gasteiger partial charge is 0.315 e. The number of aromatic hydroxyl groups is 2. The van der Waals surface area contributed by atoms with E-state index in [1.807, 2.05) is 12.1 Å². The van der Waals surface area contributed by atoms with Crippen LogP contribution in [0.15, 0.2) is 30.3 Å². The second kappa shape index (κ2) is 8.86. The van der Waals surface area contributed by atoms with Gasteiger partial charge in [0.05, 0.1) is 15.0 Å². The average Bonchev–Trinajstić information content (AvgIpc) is 2.70. The van der Waals surface area contributed by atoms with Gasteiger partial charge in [-0.15, -0.1) is 0 Å². The first kappa shape index (κ1) is 21.2. The van der Waals surface area contributed by atoms with Gasteiger partial charge in [-0.3, -0.25) is 19.8 Å². The summed E-state index contributed by atoms with van der Waals surface area (Å²) in [7, 11) is 0. The molecule has 10 heteroatoms. The van der Waals surface area contributed by atoms with Crippen LogP contribution in [0.4, 0.5) is 11.4 Å². The summed E-state index contributed by atoms with van der Waals surface area (Å²) in [6, 6.07) is 7.54. The number of nitrogens with zero attached hydrogens (tertiary/aromatic N) is 3. The maximum atomic E-state index is 12.4. The number of nitro groups is 1. The van der Waals surface area contributed by atoms with Gasteiger partial charge in [-0.05, 0) is 24.3 Å². The topological polar surface area (TPSA) is 107 Å². The highest BCUT2D eigenvalue weighted by atomic mass is 35.5. The zero-order chi connectivity index (χ0) is 21.1. The summed E-state index contributed by atoms with van der Waals surface area (Å²) in [5.41, 5.74) is 0.298. The first-order valence-corrected chi connectivity index (χ1v) is 9.68. The van der Waals surface area contributed by atoms with Crippen molar-refractivity contribution in [2.24, 2.45) is 0 Å². The molecular weight excluding hydrogens is 421 g/mol. The fraction of sp³-hybridized carbons (Fsp3) is 0.316. The monoisotopic (exact) mass is 439 g/mol. The van der Waals surface area contributed by atoms with Crippen LogP contribution >= 0.6 is 23.2 Å². The lowest BCUT2D eigenvalue weighted by atomic mass is 10.1. The SMILES string of the molecule is O=C(CCN1CCN(c2ccc(Cl)c(Cl)c2)CC1)c1cc(O)c(O)c([N+](=O)[O-])c1. The van der Waals surface area contributed by atoms with Crippen LogP contribution in [0, 0.1) is 10.1 Å². The second-order valence-electron chi connectivity index (χ2n) is 6.72. The molecule has 2 N–H and O–H groups in total. The molecule has 0 aliphatic carbocycles. The molecule has 0 radical (unpaired) electrons. The lowest BCUT2D eigenvalue weighted by Crippen LogP contribution is -2.46. The molecule has 2 aromatic rings. The van der Waals surface area contributed by atoms with Crippen LogP contribution in [0.1, 0.15) is 16.8 Å². The van der Waals surface area contributed by atoms with Crippen LogP contribution in [0.3, 0.4) is 0 Å². The normalized spacial score (nSPS) is 14.8. The first-order chi connectivity index (χ1) is 13.8. The molecular formula is C19H19Cl2N3O5. The summed E-state index contributed by atoms with van der Waals surface area (Å²) in [6.07, 6.45) is 0.147. The minimum Gasteiger partial charge on any atom is -0.504 e. The Morgan fingerprint density at radius 2 is 1.76 bits per heavy atom. The van der Waals surface area contributed by atoms with Crippen molar-refractivity contribution in [2.45, 2.75) is 6.42 Å². The Labute approximate surface area is 177 Å². The van der Waals surface area contributed by atoms with Gasteiger partial charge < -0.3 is 15.1 Å². The Bertz CT molecular complexity index is 946. The number of benzene rings is 2. The van der Waals surface area contributed by atoms with E-state index in [1.54, 1.807) is 6.07 Å². The van der Waals surface area contributed by atoms with Crippen molar-refractivity contribution in [1.82, 2.24) is 4.90 Å². The number of ketones is 1. The molecule has 1 aliphatic heterocycles. The summed E-state index contributed by atoms with van der Waals surface area (Å²) in [5, 5.41) is 31.1. The third kappa shape index (κ3) is 4.90. The molecule has 1 saturated heterocycles. The molecule has 0 spiro atoms. The number of carbonyl (C=O) groups is 1. The Morgan fingerprint density at radius 1 is 1.07 bits per heavy atom. The third-order valence-electron chi connectivity index (χ3n) is 4.88. The Balaban J connectivity index is 1.56. The largest absolute Gasteiger partial charge is 0.504 e. The standard InChI is InChI=1S/C19H19Cl2N3O5/c20-14-2-1-13(11-15(14)21)23-7-5-22(6-8-23)4-3-17(25)12-9-16(24(28)29)19(27)18(26)10-12/h1-2,9-11,26-27H,3-8H2. The van der Waals surface area contributed by atoms with E-state index in [2.05, 4.69) is 9.80 Å². The molecule has 1 fully saturated rings. The van der Waals surface area contributed by atoms with Crippen molar-refractivity contribution in [3.63, 3.8) is 0 Å². The van der Waals surface area contributed by atoms with Gasteiger partial charge in [-0.2, -0.15) is 0 Å². The maximum Gasteiger partial charge on any atom is 0.315 e. The van der Waals surface area contributed by atoms with E-state index in [1.165, 1.54) is 0 Å². The number of phenols is 2. The van der Waals surface area contributed by atoms with Crippen molar-refractivity contribution in [3.8, 4) is 11.5 Å². The van der Waals surface area contributed by atoms with E-state index in [9.17, 15) is 25.1 Å². The van der Waals surface area contributed by atoms with Crippen molar-refractivity contribution in [1.29, 1.82) is 0 Å². The van der Waals surface area contributed by atoms with E-state index >= 15 is 0 Å². The van der Waals surface area contributed by atoms with Crippen molar-refractivity contribution < 1.29 is 19.9 Å². The first-order valence-electron chi connectivity index (χ1n) is 8.92. The second-order valence-corrected chi connectivity index (χ2v) is 7.53. The fourth-order valence-electron chi connectivity index (χ4n) is 3.22. The van der Waals surface area contributed by atoms with E-state index in [0.717, 1.165) is 44.0 Å². The van der Waals surface area contributed by atoms with Gasteiger partial charge in [0, 0.05) is 56.5 Å². The van der Waals surface area contributed by atoms with E-state index in [0.29, 0.717) is 16.6 Å². The molecule has 0 atom stereocenters. The zero-order valence-corrected chi connectivity index (χ0v) is 16.9. The molecule has 1 aliphatic rings. The number of piperazine rings is 1. The average molecular weight is 440 g/mol. The number of anilines is 1. The third-order valence-corrected chi connectivity index (χ3v) is 5.62. The number of Topliss-reactive ketones (excluding diaryl/α,β-unsaturated/α-hetero) is 1. The van der Waals surface area contributed by atoms with Gasteiger partial charge >= 0.3 is 5.69 Å². The number of carbonyl (C=O) groups excluding carboxylic acids is 1. The molecule has 3 rings (SSSR count). The summed E-state index contributed by atoms with van der Waals surface area (Å²) >= 11 is 12.0.